The molecule has 3 nitrogen and oxygen atoms in total. The molecule has 0 atom stereocenters. The van der Waals surface area contributed by atoms with E-state index in [1.54, 1.807) is 0 Å². The van der Waals surface area contributed by atoms with Crippen molar-refractivity contribution in [3.63, 3.8) is 0 Å². The highest BCUT2D eigenvalue weighted by Gasteiger charge is 2.26. The molecule has 0 fully saturated rings. The Bertz CT molecular complexity index is 2050. The van der Waals surface area contributed by atoms with Crippen LogP contribution in [0.5, 0.6) is 0 Å². The number of hydrogen-bond donors (Lipinski definition) is 0. The molecular weight excluding hydrogens is 536 g/mol. The fourth-order valence-electron chi connectivity index (χ4n) is 5.88. The van der Waals surface area contributed by atoms with E-state index in [1.165, 1.54) is 11.1 Å². The molecule has 1 aliphatic rings. The van der Waals surface area contributed by atoms with Gasteiger partial charge in [-0.1, -0.05) is 134 Å². The Balaban J connectivity index is 1.41. The van der Waals surface area contributed by atoms with Crippen LogP contribution in [0, 0.1) is 6.92 Å². The summed E-state index contributed by atoms with van der Waals surface area (Å²) < 4.78 is 6.33. The van der Waals surface area contributed by atoms with Gasteiger partial charge in [0, 0.05) is 28.7 Å². The summed E-state index contributed by atoms with van der Waals surface area (Å²) in [6, 6.07) is 38.1. The molecule has 212 valence electrons. The van der Waals surface area contributed by atoms with Crippen molar-refractivity contribution in [1.29, 1.82) is 0 Å². The zero-order valence-electron chi connectivity index (χ0n) is 24.9. The molecule has 0 unspecified atom stereocenters. The maximum atomic E-state index is 6.33. The van der Waals surface area contributed by atoms with E-state index in [9.17, 15) is 0 Å². The summed E-state index contributed by atoms with van der Waals surface area (Å²) in [6.45, 7) is 4.05. The normalized spacial score (nSPS) is 12.4. The average molecular weight is 569 g/mol. The molecule has 0 amide bonds. The van der Waals surface area contributed by atoms with E-state index in [1.807, 2.05) is 38.1 Å². The largest absolute Gasteiger partial charge is 0.465 e. The minimum Gasteiger partial charge on any atom is -0.465 e. The van der Waals surface area contributed by atoms with Gasteiger partial charge in [-0.25, -0.2) is 9.97 Å². The molecule has 6 aromatic rings. The van der Waals surface area contributed by atoms with Crippen molar-refractivity contribution < 1.29 is 4.42 Å². The van der Waals surface area contributed by atoms with Gasteiger partial charge in [0.25, 0.3) is 0 Å². The van der Waals surface area contributed by atoms with E-state index in [0.29, 0.717) is 12.2 Å². The highest BCUT2D eigenvalue weighted by molar-refractivity contribution is 5.90. The van der Waals surface area contributed by atoms with Gasteiger partial charge in [-0.05, 0) is 48.2 Å². The number of nitrogens with zero attached hydrogens (tertiary/aromatic N) is 2. The molecule has 4 aromatic carbocycles. The van der Waals surface area contributed by atoms with Gasteiger partial charge in [-0.2, -0.15) is 0 Å². The quantitative estimate of drug-likeness (QED) is 0.188. The first-order valence-electron chi connectivity index (χ1n) is 15.0. The first-order chi connectivity index (χ1) is 21.7. The Hall–Kier alpha value is -5.54. The van der Waals surface area contributed by atoms with Gasteiger partial charge in [0.1, 0.15) is 11.5 Å². The van der Waals surface area contributed by atoms with Crippen molar-refractivity contribution >= 4 is 12.2 Å². The SMILES string of the molecule is C/C=C\C=C/c1c(C)oc2c1-c1nc(-c3cccc(-c4cccc(-c5ccccc5)c4)c3)nc(-c3ccccc3)c1C=CC2. The zero-order chi connectivity index (χ0) is 29.9. The van der Waals surface area contributed by atoms with E-state index in [4.69, 9.17) is 14.4 Å². The number of benzene rings is 4. The number of fused-ring (bicyclic) bond motifs is 3. The molecule has 3 heteroatoms. The van der Waals surface area contributed by atoms with Gasteiger partial charge < -0.3 is 4.42 Å². The molecular formula is C41H32N2O. The highest BCUT2D eigenvalue weighted by atomic mass is 16.3. The van der Waals surface area contributed by atoms with Crippen molar-refractivity contribution in [1.82, 2.24) is 9.97 Å². The number of rotatable bonds is 6. The minimum absolute atomic E-state index is 0.687. The Morgan fingerprint density at radius 3 is 1.93 bits per heavy atom. The van der Waals surface area contributed by atoms with E-state index < -0.39 is 0 Å². The number of allylic oxidation sites excluding steroid dienone is 4. The van der Waals surface area contributed by atoms with Crippen LogP contribution in [0.4, 0.5) is 0 Å². The molecule has 0 aliphatic heterocycles. The first-order valence-corrected chi connectivity index (χ1v) is 15.0. The smallest absolute Gasteiger partial charge is 0.160 e. The standard InChI is InChI=1S/C41H32N2O/c1-3-4-7-23-35-28(2)44-37-25-14-24-36-39(30-17-10-6-11-18-30)42-41(43-40(36)38(35)37)34-22-13-21-33(27-34)32-20-12-19-31(26-32)29-15-8-5-9-16-29/h3-24,26-27H,25H2,1-2H3/b4-3-,23-7-. The van der Waals surface area contributed by atoms with Crippen LogP contribution in [0.25, 0.3) is 68.3 Å². The lowest BCUT2D eigenvalue weighted by molar-refractivity contribution is 0.495. The first kappa shape index (κ1) is 27.3. The van der Waals surface area contributed by atoms with E-state index in [-0.39, 0.29) is 0 Å². The monoisotopic (exact) mass is 568 g/mol. The fraction of sp³-hybridized carbons (Fsp3) is 0.0732. The molecule has 0 N–H and O–H groups in total. The minimum atomic E-state index is 0.687. The number of furan rings is 1. The van der Waals surface area contributed by atoms with Gasteiger partial charge in [0.05, 0.1) is 17.0 Å². The van der Waals surface area contributed by atoms with Gasteiger partial charge in [0.2, 0.25) is 0 Å². The van der Waals surface area contributed by atoms with Crippen LogP contribution >= 0.6 is 0 Å². The topological polar surface area (TPSA) is 38.9 Å². The van der Waals surface area contributed by atoms with E-state index in [2.05, 4.69) is 121 Å². The van der Waals surface area contributed by atoms with Crippen LogP contribution in [0.3, 0.4) is 0 Å². The molecule has 0 bridgehead atoms. The van der Waals surface area contributed by atoms with Gasteiger partial charge in [-0.15, -0.1) is 0 Å². The molecule has 44 heavy (non-hydrogen) atoms. The summed E-state index contributed by atoms with van der Waals surface area (Å²) in [4.78, 5) is 10.5. The molecule has 0 saturated heterocycles. The Labute approximate surface area is 258 Å². The van der Waals surface area contributed by atoms with Gasteiger partial charge in [-0.3, -0.25) is 0 Å². The molecule has 0 saturated carbocycles. The van der Waals surface area contributed by atoms with Gasteiger partial charge in [0.15, 0.2) is 5.82 Å². The number of aromatic nitrogens is 2. The van der Waals surface area contributed by atoms with Crippen molar-refractivity contribution in [3.05, 3.63) is 156 Å². The van der Waals surface area contributed by atoms with Crippen LogP contribution in [-0.2, 0) is 6.42 Å². The highest BCUT2D eigenvalue weighted by Crippen LogP contribution is 2.41. The molecule has 0 spiro atoms. The van der Waals surface area contributed by atoms with Crippen LogP contribution in [0.2, 0.25) is 0 Å². The lowest BCUT2D eigenvalue weighted by atomic mass is 9.96. The van der Waals surface area contributed by atoms with Gasteiger partial charge >= 0.3 is 0 Å². The Morgan fingerprint density at radius 2 is 1.23 bits per heavy atom. The zero-order valence-corrected chi connectivity index (χ0v) is 24.9. The van der Waals surface area contributed by atoms with Crippen molar-refractivity contribution in [3.8, 4) is 56.2 Å². The second kappa shape index (κ2) is 12.0. The average Bonchev–Trinajstić information content (AvgIpc) is 3.28. The third-order valence-corrected chi connectivity index (χ3v) is 8.01. The van der Waals surface area contributed by atoms with Crippen LogP contribution in [0.15, 0.2) is 138 Å². The van der Waals surface area contributed by atoms with Crippen molar-refractivity contribution in [2.24, 2.45) is 0 Å². The second-order valence-corrected chi connectivity index (χ2v) is 10.9. The maximum absolute atomic E-state index is 6.33. The molecule has 2 heterocycles. The van der Waals surface area contributed by atoms with Crippen LogP contribution < -0.4 is 0 Å². The third-order valence-electron chi connectivity index (χ3n) is 8.01. The number of hydrogen-bond acceptors (Lipinski definition) is 3. The summed E-state index contributed by atoms with van der Waals surface area (Å²) in [5.41, 5.74) is 11.6. The number of aryl methyl sites for hydroxylation is 1. The van der Waals surface area contributed by atoms with E-state index >= 15 is 0 Å². The Morgan fingerprint density at radius 1 is 0.636 bits per heavy atom. The Kier molecular flexibility index (Phi) is 7.44. The summed E-state index contributed by atoms with van der Waals surface area (Å²) >= 11 is 0. The predicted molar refractivity (Wildman–Crippen MR) is 183 cm³/mol. The summed E-state index contributed by atoms with van der Waals surface area (Å²) in [6.07, 6.45) is 13.2. The third kappa shape index (κ3) is 5.25. The van der Waals surface area contributed by atoms with E-state index in [0.717, 1.165) is 61.9 Å². The lowest BCUT2D eigenvalue weighted by Gasteiger charge is -2.14. The van der Waals surface area contributed by atoms with Crippen LogP contribution in [0.1, 0.15) is 29.6 Å². The molecule has 0 radical (unpaired) electrons. The van der Waals surface area contributed by atoms with Crippen molar-refractivity contribution in [2.75, 3.05) is 0 Å². The summed E-state index contributed by atoms with van der Waals surface area (Å²) in [5.74, 6) is 2.50. The molecule has 1 aliphatic carbocycles. The maximum Gasteiger partial charge on any atom is 0.160 e. The summed E-state index contributed by atoms with van der Waals surface area (Å²) in [5, 5.41) is 0. The van der Waals surface area contributed by atoms with Crippen molar-refractivity contribution in [2.45, 2.75) is 20.3 Å². The second-order valence-electron chi connectivity index (χ2n) is 10.9. The fourth-order valence-corrected chi connectivity index (χ4v) is 5.88. The van der Waals surface area contributed by atoms with Crippen LogP contribution in [-0.4, -0.2) is 9.97 Å². The lowest BCUT2D eigenvalue weighted by Crippen LogP contribution is -2.01. The predicted octanol–water partition coefficient (Wildman–Crippen LogP) is 10.9. The summed E-state index contributed by atoms with van der Waals surface area (Å²) in [7, 11) is 0. The molecule has 7 rings (SSSR count). The molecule has 2 aromatic heterocycles.